The third-order valence-electron chi connectivity index (χ3n) is 3.68. The number of methoxy groups -OCH3 is 2. The first kappa shape index (κ1) is 19.6. The van der Waals surface area contributed by atoms with Crippen LogP contribution in [0.1, 0.15) is 5.56 Å². The molecule has 0 fully saturated rings. The third-order valence-corrected chi connectivity index (χ3v) is 5.48. The summed E-state index contributed by atoms with van der Waals surface area (Å²) in [6, 6.07) is 7.45. The summed E-state index contributed by atoms with van der Waals surface area (Å²) in [6.07, 6.45) is 0. The molecule has 0 aliphatic rings. The number of nitrogens with zero attached hydrogens (tertiary/aromatic N) is 2. The van der Waals surface area contributed by atoms with Crippen LogP contribution < -0.4 is 9.47 Å². The molecule has 140 valence electrons. The zero-order valence-corrected chi connectivity index (χ0v) is 15.1. The van der Waals surface area contributed by atoms with Crippen LogP contribution in [-0.4, -0.2) is 38.9 Å². The molecule has 0 saturated carbocycles. The van der Waals surface area contributed by atoms with Gasteiger partial charge in [0.2, 0.25) is 10.0 Å². The smallest absolute Gasteiger partial charge is 0.312 e. The number of ether oxygens (including phenoxy) is 2. The fourth-order valence-electron chi connectivity index (χ4n) is 2.30. The molecule has 0 unspecified atom stereocenters. The van der Waals surface area contributed by atoms with Crippen molar-refractivity contribution in [2.24, 2.45) is 0 Å². The molecule has 0 amide bonds. The molecule has 2 rings (SSSR count). The molecular weight excluding hydrogens is 367 g/mol. The van der Waals surface area contributed by atoms with E-state index in [1.54, 1.807) is 0 Å². The van der Waals surface area contributed by atoms with Gasteiger partial charge in [0.1, 0.15) is 0 Å². The molecule has 0 heterocycles. The lowest BCUT2D eigenvalue weighted by molar-refractivity contribution is -0.386. The zero-order chi connectivity index (χ0) is 19.5. The molecule has 0 bridgehead atoms. The number of nitro groups is 1. The van der Waals surface area contributed by atoms with Gasteiger partial charge in [0, 0.05) is 19.7 Å². The van der Waals surface area contributed by atoms with Crippen molar-refractivity contribution < 1.29 is 27.2 Å². The van der Waals surface area contributed by atoms with E-state index in [0.717, 1.165) is 10.4 Å². The summed E-state index contributed by atoms with van der Waals surface area (Å²) < 4.78 is 49.7. The maximum atomic E-state index is 13.8. The minimum Gasteiger partial charge on any atom is -0.494 e. The van der Waals surface area contributed by atoms with Crippen molar-refractivity contribution in [3.63, 3.8) is 0 Å². The van der Waals surface area contributed by atoms with Crippen LogP contribution in [0.3, 0.4) is 0 Å². The van der Waals surface area contributed by atoms with Gasteiger partial charge in [-0.2, -0.15) is 4.31 Å². The fourth-order valence-corrected chi connectivity index (χ4v) is 3.48. The van der Waals surface area contributed by atoms with Crippen molar-refractivity contribution in [3.05, 3.63) is 57.9 Å². The second kappa shape index (κ2) is 7.67. The molecule has 2 aromatic rings. The van der Waals surface area contributed by atoms with Crippen molar-refractivity contribution in [1.29, 1.82) is 0 Å². The first-order chi connectivity index (χ1) is 12.2. The van der Waals surface area contributed by atoms with Crippen molar-refractivity contribution >= 4 is 15.7 Å². The van der Waals surface area contributed by atoms with Crippen LogP contribution in [0.2, 0.25) is 0 Å². The van der Waals surface area contributed by atoms with Gasteiger partial charge in [0.15, 0.2) is 17.3 Å². The van der Waals surface area contributed by atoms with Gasteiger partial charge in [-0.3, -0.25) is 10.1 Å². The fraction of sp³-hybridized carbons (Fsp3) is 0.250. The average molecular weight is 384 g/mol. The Kier molecular flexibility index (Phi) is 5.78. The Hall–Kier alpha value is -2.72. The van der Waals surface area contributed by atoms with Crippen LogP contribution in [-0.2, 0) is 16.6 Å². The molecule has 2 aromatic carbocycles. The van der Waals surface area contributed by atoms with Crippen LogP contribution in [0.5, 0.6) is 11.5 Å². The number of halogens is 1. The topological polar surface area (TPSA) is 99.0 Å². The Morgan fingerprint density at radius 2 is 1.73 bits per heavy atom. The van der Waals surface area contributed by atoms with E-state index in [1.807, 2.05) is 0 Å². The monoisotopic (exact) mass is 384 g/mol. The minimum atomic E-state index is -4.03. The van der Waals surface area contributed by atoms with E-state index in [9.17, 15) is 22.9 Å². The number of hydrogen-bond donors (Lipinski definition) is 0. The Morgan fingerprint density at radius 3 is 2.27 bits per heavy atom. The maximum absolute atomic E-state index is 13.8. The van der Waals surface area contributed by atoms with Gasteiger partial charge in [-0.1, -0.05) is 6.07 Å². The Morgan fingerprint density at radius 1 is 1.12 bits per heavy atom. The summed E-state index contributed by atoms with van der Waals surface area (Å²) in [4.78, 5) is 10.1. The van der Waals surface area contributed by atoms with Gasteiger partial charge in [0.05, 0.1) is 24.0 Å². The summed E-state index contributed by atoms with van der Waals surface area (Å²) in [5.41, 5.74) is -0.0603. The van der Waals surface area contributed by atoms with Crippen molar-refractivity contribution in [1.82, 2.24) is 4.31 Å². The van der Waals surface area contributed by atoms with E-state index >= 15 is 0 Å². The number of sulfonamides is 1. The number of nitro benzene ring substituents is 1. The van der Waals surface area contributed by atoms with E-state index in [2.05, 4.69) is 0 Å². The lowest BCUT2D eigenvalue weighted by Crippen LogP contribution is -2.26. The first-order valence-corrected chi connectivity index (χ1v) is 8.76. The molecule has 0 aliphatic heterocycles. The van der Waals surface area contributed by atoms with E-state index < -0.39 is 26.5 Å². The summed E-state index contributed by atoms with van der Waals surface area (Å²) in [7, 11) is -0.152. The van der Waals surface area contributed by atoms with Crippen LogP contribution in [0.15, 0.2) is 41.3 Å². The standard InChI is InChI=1S/C16H17FN2O6S/c1-18(10-11-4-6-15(24-2)13(17)8-11)26(22,23)12-5-7-16(25-3)14(9-12)19(20)21/h4-9H,10H2,1-3H3. The maximum Gasteiger partial charge on any atom is 0.312 e. The van der Waals surface area contributed by atoms with Crippen LogP contribution >= 0.6 is 0 Å². The zero-order valence-electron chi connectivity index (χ0n) is 14.3. The number of benzene rings is 2. The summed E-state index contributed by atoms with van der Waals surface area (Å²) >= 11 is 0. The van der Waals surface area contributed by atoms with E-state index in [-0.39, 0.29) is 22.9 Å². The highest BCUT2D eigenvalue weighted by molar-refractivity contribution is 7.89. The van der Waals surface area contributed by atoms with Gasteiger partial charge in [-0.05, 0) is 29.8 Å². The number of hydrogen-bond acceptors (Lipinski definition) is 6. The highest BCUT2D eigenvalue weighted by Gasteiger charge is 2.25. The highest BCUT2D eigenvalue weighted by atomic mass is 32.2. The lowest BCUT2D eigenvalue weighted by Gasteiger charge is -2.18. The Balaban J connectivity index is 2.33. The predicted molar refractivity (Wildman–Crippen MR) is 91.3 cm³/mol. The molecule has 0 atom stereocenters. The van der Waals surface area contributed by atoms with Gasteiger partial charge in [-0.25, -0.2) is 12.8 Å². The molecule has 26 heavy (non-hydrogen) atoms. The normalized spacial score (nSPS) is 11.4. The molecule has 0 radical (unpaired) electrons. The van der Waals surface area contributed by atoms with Gasteiger partial charge in [0.25, 0.3) is 0 Å². The summed E-state index contributed by atoms with van der Waals surface area (Å²) in [5, 5.41) is 11.1. The molecule has 0 spiro atoms. The SMILES string of the molecule is COc1ccc(CN(C)S(=O)(=O)c2ccc(OC)c([N+](=O)[O-])c2)cc1F. The first-order valence-electron chi connectivity index (χ1n) is 7.32. The second-order valence-electron chi connectivity index (χ2n) is 5.32. The minimum absolute atomic E-state index is 0.0463. The quantitative estimate of drug-likeness (QED) is 0.537. The highest BCUT2D eigenvalue weighted by Crippen LogP contribution is 2.30. The van der Waals surface area contributed by atoms with Crippen LogP contribution in [0.4, 0.5) is 10.1 Å². The van der Waals surface area contributed by atoms with E-state index in [4.69, 9.17) is 9.47 Å². The van der Waals surface area contributed by atoms with Gasteiger partial charge < -0.3 is 9.47 Å². The molecule has 8 nitrogen and oxygen atoms in total. The number of rotatable bonds is 7. The van der Waals surface area contributed by atoms with Gasteiger partial charge >= 0.3 is 5.69 Å². The van der Waals surface area contributed by atoms with Crippen molar-refractivity contribution in [2.45, 2.75) is 11.4 Å². The molecule has 0 aliphatic carbocycles. The Labute approximate surface area is 150 Å². The summed E-state index contributed by atoms with van der Waals surface area (Å²) in [6.45, 7) is -0.122. The predicted octanol–water partition coefficient (Wildman–Crippen LogP) is 2.57. The summed E-state index contributed by atoms with van der Waals surface area (Å²) in [5.74, 6) is -0.616. The lowest BCUT2D eigenvalue weighted by atomic mass is 10.2. The molecule has 0 N–H and O–H groups in total. The second-order valence-corrected chi connectivity index (χ2v) is 7.37. The van der Waals surface area contributed by atoms with Gasteiger partial charge in [-0.15, -0.1) is 0 Å². The largest absolute Gasteiger partial charge is 0.494 e. The average Bonchev–Trinajstić information content (AvgIpc) is 2.61. The Bertz CT molecular complexity index is 932. The van der Waals surface area contributed by atoms with E-state index in [0.29, 0.717) is 5.56 Å². The molecular formula is C16H17FN2O6S. The third kappa shape index (κ3) is 3.92. The van der Waals surface area contributed by atoms with Crippen molar-refractivity contribution in [2.75, 3.05) is 21.3 Å². The van der Waals surface area contributed by atoms with Crippen LogP contribution in [0, 0.1) is 15.9 Å². The molecule has 10 heteroatoms. The van der Waals surface area contributed by atoms with Crippen molar-refractivity contribution in [3.8, 4) is 11.5 Å². The van der Waals surface area contributed by atoms with E-state index in [1.165, 1.54) is 51.6 Å². The molecule has 0 saturated heterocycles. The van der Waals surface area contributed by atoms with Crippen LogP contribution in [0.25, 0.3) is 0 Å². The molecule has 0 aromatic heterocycles.